The van der Waals surface area contributed by atoms with Gasteiger partial charge in [-0.1, -0.05) is 30.3 Å². The van der Waals surface area contributed by atoms with Gasteiger partial charge < -0.3 is 15.4 Å². The summed E-state index contributed by atoms with van der Waals surface area (Å²) in [5.74, 6) is -0.990. The van der Waals surface area contributed by atoms with E-state index in [1.165, 1.54) is 0 Å². The Kier molecular flexibility index (Phi) is 5.54. The highest BCUT2D eigenvalue weighted by Gasteiger charge is 2.28. The van der Waals surface area contributed by atoms with E-state index in [4.69, 9.17) is 4.74 Å². The molecule has 27 heavy (non-hydrogen) atoms. The van der Waals surface area contributed by atoms with Gasteiger partial charge in [-0.05, 0) is 43.2 Å². The monoisotopic (exact) mass is 366 g/mol. The van der Waals surface area contributed by atoms with Crippen molar-refractivity contribution in [3.63, 3.8) is 0 Å². The predicted octanol–water partition coefficient (Wildman–Crippen LogP) is 2.40. The van der Waals surface area contributed by atoms with E-state index in [1.807, 2.05) is 37.3 Å². The summed E-state index contributed by atoms with van der Waals surface area (Å²) in [6.45, 7) is 3.95. The van der Waals surface area contributed by atoms with Crippen molar-refractivity contribution in [3.05, 3.63) is 70.8 Å². The molecule has 2 aromatic rings. The third-order valence-electron chi connectivity index (χ3n) is 4.51. The average Bonchev–Trinajstić information content (AvgIpc) is 2.68. The molecule has 0 saturated carbocycles. The van der Waals surface area contributed by atoms with Crippen molar-refractivity contribution >= 4 is 17.8 Å². The van der Waals surface area contributed by atoms with Gasteiger partial charge in [-0.25, -0.2) is 4.79 Å². The van der Waals surface area contributed by atoms with Crippen LogP contribution in [0, 0.1) is 0 Å². The van der Waals surface area contributed by atoms with E-state index in [1.54, 1.807) is 25.1 Å². The van der Waals surface area contributed by atoms with Gasteiger partial charge in [0.1, 0.15) is 12.1 Å². The molecule has 0 fully saturated rings. The minimum Gasteiger partial charge on any atom is -0.454 e. The van der Waals surface area contributed by atoms with Gasteiger partial charge in [0.2, 0.25) is 5.91 Å². The molecule has 0 aromatic heterocycles. The number of likely N-dealkylation sites (N-methyl/N-ethyl adjacent to an activating group) is 1. The summed E-state index contributed by atoms with van der Waals surface area (Å²) >= 11 is 0. The fourth-order valence-electron chi connectivity index (χ4n) is 3.06. The smallest absolute Gasteiger partial charge is 0.339 e. The van der Waals surface area contributed by atoms with Crippen LogP contribution in [0.1, 0.15) is 51.8 Å². The van der Waals surface area contributed by atoms with Gasteiger partial charge in [0.25, 0.3) is 5.91 Å². The molecule has 1 aliphatic heterocycles. The molecule has 1 aliphatic rings. The lowest BCUT2D eigenvalue weighted by Gasteiger charge is -2.25. The molecule has 2 atom stereocenters. The minimum absolute atomic E-state index is 0.239. The quantitative estimate of drug-likeness (QED) is 0.796. The molecule has 3 rings (SSSR count). The number of carbonyl (C=O) groups excluding carboxylic acids is 3. The predicted molar refractivity (Wildman–Crippen MR) is 100 cm³/mol. The zero-order chi connectivity index (χ0) is 19.4. The van der Waals surface area contributed by atoms with Gasteiger partial charge in [-0.2, -0.15) is 0 Å². The average molecular weight is 366 g/mol. The van der Waals surface area contributed by atoms with Crippen molar-refractivity contribution in [1.82, 2.24) is 10.6 Å². The first-order chi connectivity index (χ1) is 13.0. The molecule has 1 heterocycles. The van der Waals surface area contributed by atoms with E-state index in [-0.39, 0.29) is 17.9 Å². The van der Waals surface area contributed by atoms with Crippen LogP contribution < -0.4 is 10.6 Å². The van der Waals surface area contributed by atoms with Gasteiger partial charge in [0.05, 0.1) is 5.56 Å². The SMILES string of the molecule is CCNC(=O)[C@@H](C)NC(=O)c1ccc2c(c1)C[C@H](c1ccccc1)OC2=O. The maximum absolute atomic E-state index is 12.5. The number of carbonyl (C=O) groups is 3. The second-order valence-corrected chi connectivity index (χ2v) is 6.47. The second-order valence-electron chi connectivity index (χ2n) is 6.47. The molecule has 6 heteroatoms. The molecule has 0 radical (unpaired) electrons. The first-order valence-electron chi connectivity index (χ1n) is 8.97. The summed E-state index contributed by atoms with van der Waals surface area (Å²) in [6, 6.07) is 13.7. The topological polar surface area (TPSA) is 84.5 Å². The Morgan fingerprint density at radius 3 is 2.63 bits per heavy atom. The standard InChI is InChI=1S/C21H22N2O4/c1-3-22-19(24)13(2)23-20(25)15-9-10-17-16(11-15)12-18(27-21(17)26)14-7-5-4-6-8-14/h4-11,13,18H,3,12H2,1-2H3,(H,22,24)(H,23,25)/t13-,18-/m1/s1. The van der Waals surface area contributed by atoms with Crippen LogP contribution in [0.15, 0.2) is 48.5 Å². The van der Waals surface area contributed by atoms with Gasteiger partial charge in [0, 0.05) is 18.5 Å². The molecule has 0 spiro atoms. The highest BCUT2D eigenvalue weighted by Crippen LogP contribution is 2.31. The molecule has 6 nitrogen and oxygen atoms in total. The fourth-order valence-corrected chi connectivity index (χ4v) is 3.06. The van der Waals surface area contributed by atoms with E-state index in [9.17, 15) is 14.4 Å². The molecule has 0 aliphatic carbocycles. The Morgan fingerprint density at radius 1 is 1.19 bits per heavy atom. The molecule has 140 valence electrons. The van der Waals surface area contributed by atoms with Crippen LogP contribution in [-0.4, -0.2) is 30.4 Å². The number of fused-ring (bicyclic) bond motifs is 1. The fraction of sp³-hybridized carbons (Fsp3) is 0.286. The molecule has 2 N–H and O–H groups in total. The van der Waals surface area contributed by atoms with E-state index in [2.05, 4.69) is 10.6 Å². The zero-order valence-electron chi connectivity index (χ0n) is 15.3. The van der Waals surface area contributed by atoms with E-state index in [0.29, 0.717) is 24.1 Å². The summed E-state index contributed by atoms with van der Waals surface area (Å²) in [6.07, 6.45) is 0.122. The maximum Gasteiger partial charge on any atom is 0.339 e. The third-order valence-corrected chi connectivity index (χ3v) is 4.51. The summed E-state index contributed by atoms with van der Waals surface area (Å²) in [5.41, 5.74) is 2.55. The van der Waals surface area contributed by atoms with Gasteiger partial charge >= 0.3 is 5.97 Å². The van der Waals surface area contributed by atoms with Crippen LogP contribution in [0.5, 0.6) is 0 Å². The largest absolute Gasteiger partial charge is 0.454 e. The first kappa shape index (κ1) is 18.6. The van der Waals surface area contributed by atoms with Crippen LogP contribution in [0.2, 0.25) is 0 Å². The summed E-state index contributed by atoms with van der Waals surface area (Å²) in [5, 5.41) is 5.34. The number of ether oxygens (including phenoxy) is 1. The van der Waals surface area contributed by atoms with Crippen molar-refractivity contribution in [2.24, 2.45) is 0 Å². The molecule has 0 bridgehead atoms. The van der Waals surface area contributed by atoms with Gasteiger partial charge in [-0.3, -0.25) is 9.59 Å². The molecule has 0 saturated heterocycles. The number of esters is 1. The number of cyclic esters (lactones) is 1. The Labute approximate surface area is 157 Å². The Morgan fingerprint density at radius 2 is 1.93 bits per heavy atom. The van der Waals surface area contributed by atoms with Crippen molar-refractivity contribution in [2.75, 3.05) is 6.54 Å². The van der Waals surface area contributed by atoms with Crippen molar-refractivity contribution < 1.29 is 19.1 Å². The van der Waals surface area contributed by atoms with Crippen LogP contribution in [0.25, 0.3) is 0 Å². The van der Waals surface area contributed by atoms with Crippen LogP contribution in [0.3, 0.4) is 0 Å². The highest BCUT2D eigenvalue weighted by molar-refractivity contribution is 5.99. The van der Waals surface area contributed by atoms with Crippen molar-refractivity contribution in [2.45, 2.75) is 32.4 Å². The normalized spacial score (nSPS) is 16.7. The molecular weight excluding hydrogens is 344 g/mol. The number of nitrogens with one attached hydrogen (secondary N) is 2. The lowest BCUT2D eigenvalue weighted by molar-refractivity contribution is -0.122. The maximum atomic E-state index is 12.5. The van der Waals surface area contributed by atoms with E-state index < -0.39 is 12.0 Å². The molecule has 2 amide bonds. The molecular formula is C21H22N2O4. The van der Waals surface area contributed by atoms with E-state index >= 15 is 0 Å². The lowest BCUT2D eigenvalue weighted by Crippen LogP contribution is -2.44. The number of hydrogen-bond acceptors (Lipinski definition) is 4. The zero-order valence-corrected chi connectivity index (χ0v) is 15.3. The summed E-state index contributed by atoms with van der Waals surface area (Å²) < 4.78 is 5.53. The number of benzene rings is 2. The lowest BCUT2D eigenvalue weighted by atomic mass is 9.93. The van der Waals surface area contributed by atoms with Crippen molar-refractivity contribution in [3.8, 4) is 0 Å². The number of hydrogen-bond donors (Lipinski definition) is 2. The summed E-state index contributed by atoms with van der Waals surface area (Å²) in [4.78, 5) is 36.6. The Hall–Kier alpha value is -3.15. The van der Waals surface area contributed by atoms with Crippen LogP contribution in [0.4, 0.5) is 0 Å². The van der Waals surface area contributed by atoms with Gasteiger partial charge in [0.15, 0.2) is 0 Å². The Balaban J connectivity index is 1.79. The van der Waals surface area contributed by atoms with E-state index in [0.717, 1.165) is 11.1 Å². The Bertz CT molecular complexity index is 864. The van der Waals surface area contributed by atoms with Crippen molar-refractivity contribution in [1.29, 1.82) is 0 Å². The number of amides is 2. The molecule has 0 unspecified atom stereocenters. The van der Waals surface area contributed by atoms with Crippen LogP contribution in [-0.2, 0) is 16.0 Å². The molecule has 2 aromatic carbocycles. The third kappa shape index (κ3) is 4.16. The second kappa shape index (κ2) is 8.03. The minimum atomic E-state index is -0.643. The van der Waals surface area contributed by atoms with Crippen LogP contribution >= 0.6 is 0 Å². The first-order valence-corrected chi connectivity index (χ1v) is 8.97. The number of rotatable bonds is 5. The summed E-state index contributed by atoms with van der Waals surface area (Å²) in [7, 11) is 0. The highest BCUT2D eigenvalue weighted by atomic mass is 16.5. The van der Waals surface area contributed by atoms with Gasteiger partial charge in [-0.15, -0.1) is 0 Å².